The molecule has 0 aliphatic carbocycles. The molecule has 20 heavy (non-hydrogen) atoms. The van der Waals surface area contributed by atoms with E-state index in [-0.39, 0.29) is 11.3 Å². The van der Waals surface area contributed by atoms with Crippen LogP contribution in [0, 0.1) is 0 Å². The number of rotatable bonds is 2. The van der Waals surface area contributed by atoms with E-state index in [0.29, 0.717) is 27.7 Å². The fourth-order valence-electron chi connectivity index (χ4n) is 2.35. The third-order valence-corrected chi connectivity index (χ3v) is 3.19. The lowest BCUT2D eigenvalue weighted by atomic mass is 10.1. The molecule has 0 atom stereocenters. The van der Waals surface area contributed by atoms with E-state index in [4.69, 9.17) is 13.9 Å². The second-order valence-corrected chi connectivity index (χ2v) is 4.29. The SMILES string of the molecule is COc1cc(O)cc2oc(=O)c3cccc(OC)c3c12. The molecule has 0 unspecified atom stereocenters. The first-order valence-corrected chi connectivity index (χ1v) is 5.96. The summed E-state index contributed by atoms with van der Waals surface area (Å²) in [6.45, 7) is 0. The van der Waals surface area contributed by atoms with Gasteiger partial charge in [-0.25, -0.2) is 4.79 Å². The van der Waals surface area contributed by atoms with E-state index in [9.17, 15) is 9.90 Å². The molecule has 0 amide bonds. The molecule has 0 saturated heterocycles. The first-order chi connectivity index (χ1) is 9.65. The van der Waals surface area contributed by atoms with Gasteiger partial charge in [0.2, 0.25) is 0 Å². The zero-order chi connectivity index (χ0) is 14.3. The van der Waals surface area contributed by atoms with Crippen LogP contribution < -0.4 is 15.1 Å². The summed E-state index contributed by atoms with van der Waals surface area (Å²) in [6, 6.07) is 7.99. The maximum Gasteiger partial charge on any atom is 0.344 e. The third-order valence-electron chi connectivity index (χ3n) is 3.19. The minimum absolute atomic E-state index is 0.0354. The monoisotopic (exact) mass is 272 g/mol. The van der Waals surface area contributed by atoms with Crippen LogP contribution in [0.15, 0.2) is 39.5 Å². The maximum absolute atomic E-state index is 12.0. The fraction of sp³-hybridized carbons (Fsp3) is 0.133. The number of fused-ring (bicyclic) bond motifs is 3. The molecule has 0 fully saturated rings. The van der Waals surface area contributed by atoms with Crippen molar-refractivity contribution < 1.29 is 19.0 Å². The van der Waals surface area contributed by atoms with Crippen LogP contribution in [0.25, 0.3) is 21.7 Å². The van der Waals surface area contributed by atoms with E-state index in [2.05, 4.69) is 0 Å². The average molecular weight is 272 g/mol. The van der Waals surface area contributed by atoms with Crippen molar-refractivity contribution in [2.24, 2.45) is 0 Å². The Hall–Kier alpha value is -2.69. The van der Waals surface area contributed by atoms with E-state index in [1.165, 1.54) is 26.4 Å². The standard InChI is InChI=1S/C15H12O5/c1-18-10-5-3-4-9-13(10)14-11(19-2)6-8(16)7-12(14)20-15(9)17/h3-7,16H,1-2H3. The van der Waals surface area contributed by atoms with Crippen molar-refractivity contribution in [2.45, 2.75) is 0 Å². The van der Waals surface area contributed by atoms with Crippen LogP contribution >= 0.6 is 0 Å². The molecule has 0 aliphatic heterocycles. The van der Waals surface area contributed by atoms with Crippen LogP contribution in [0.2, 0.25) is 0 Å². The minimum atomic E-state index is -0.487. The molecule has 5 heteroatoms. The lowest BCUT2D eigenvalue weighted by Crippen LogP contribution is -2.01. The quantitative estimate of drug-likeness (QED) is 0.573. The number of benzene rings is 2. The normalized spacial score (nSPS) is 10.9. The molecule has 1 heterocycles. The molecule has 0 radical (unpaired) electrons. The van der Waals surface area contributed by atoms with E-state index < -0.39 is 5.63 Å². The summed E-state index contributed by atoms with van der Waals surface area (Å²) in [5.74, 6) is 0.925. The number of phenolic OH excluding ortho intramolecular Hbond substituents is 1. The lowest BCUT2D eigenvalue weighted by molar-refractivity contribution is 0.409. The Morgan fingerprint density at radius 3 is 2.50 bits per heavy atom. The van der Waals surface area contributed by atoms with Gasteiger partial charge in [0.25, 0.3) is 0 Å². The van der Waals surface area contributed by atoms with E-state index >= 15 is 0 Å². The Morgan fingerprint density at radius 2 is 1.80 bits per heavy atom. The van der Waals surface area contributed by atoms with Gasteiger partial charge in [0.15, 0.2) is 0 Å². The Labute approximate surface area is 114 Å². The first kappa shape index (κ1) is 12.3. The second kappa shape index (κ2) is 4.45. The van der Waals surface area contributed by atoms with Gasteiger partial charge < -0.3 is 19.0 Å². The topological polar surface area (TPSA) is 68.9 Å². The largest absolute Gasteiger partial charge is 0.508 e. The summed E-state index contributed by atoms with van der Waals surface area (Å²) in [4.78, 5) is 12.0. The molecule has 0 spiro atoms. The van der Waals surface area contributed by atoms with Gasteiger partial charge in [-0.2, -0.15) is 0 Å². The molecule has 0 saturated carbocycles. The molecular weight excluding hydrogens is 260 g/mol. The number of aromatic hydroxyl groups is 1. The zero-order valence-electron chi connectivity index (χ0n) is 11.0. The highest BCUT2D eigenvalue weighted by Gasteiger charge is 2.16. The lowest BCUT2D eigenvalue weighted by Gasteiger charge is -2.11. The van der Waals surface area contributed by atoms with Gasteiger partial charge in [-0.15, -0.1) is 0 Å². The summed E-state index contributed by atoms with van der Waals surface area (Å²) < 4.78 is 15.8. The van der Waals surface area contributed by atoms with Gasteiger partial charge in [-0.05, 0) is 12.1 Å². The molecule has 3 rings (SSSR count). The van der Waals surface area contributed by atoms with Crippen LogP contribution in [0.3, 0.4) is 0 Å². The number of ether oxygens (including phenoxy) is 2. The van der Waals surface area contributed by atoms with Crippen molar-refractivity contribution in [3.63, 3.8) is 0 Å². The number of hydrogen-bond donors (Lipinski definition) is 1. The second-order valence-electron chi connectivity index (χ2n) is 4.29. The summed E-state index contributed by atoms with van der Waals surface area (Å²) >= 11 is 0. The summed E-state index contributed by atoms with van der Waals surface area (Å²) in [5, 5.41) is 11.3. The van der Waals surface area contributed by atoms with Crippen LogP contribution in [0.4, 0.5) is 0 Å². The van der Waals surface area contributed by atoms with E-state index in [1.807, 2.05) is 0 Å². The van der Waals surface area contributed by atoms with Gasteiger partial charge >= 0.3 is 5.63 Å². The Bertz CT molecular complexity index is 863. The third kappa shape index (κ3) is 1.67. The highest BCUT2D eigenvalue weighted by Crippen LogP contribution is 2.38. The van der Waals surface area contributed by atoms with E-state index in [1.54, 1.807) is 18.2 Å². The van der Waals surface area contributed by atoms with Crippen molar-refractivity contribution in [1.29, 1.82) is 0 Å². The van der Waals surface area contributed by atoms with Gasteiger partial charge in [0, 0.05) is 17.5 Å². The molecule has 5 nitrogen and oxygen atoms in total. The minimum Gasteiger partial charge on any atom is -0.508 e. The average Bonchev–Trinajstić information content (AvgIpc) is 2.45. The molecule has 1 N–H and O–H groups in total. The number of hydrogen-bond acceptors (Lipinski definition) is 5. The molecule has 1 aromatic heterocycles. The van der Waals surface area contributed by atoms with E-state index in [0.717, 1.165) is 0 Å². The van der Waals surface area contributed by atoms with Crippen molar-refractivity contribution >= 4 is 21.7 Å². The van der Waals surface area contributed by atoms with Gasteiger partial charge in [-0.1, -0.05) is 6.07 Å². The van der Waals surface area contributed by atoms with Gasteiger partial charge in [0.05, 0.1) is 25.0 Å². The summed E-state index contributed by atoms with van der Waals surface area (Å²) in [6.07, 6.45) is 0. The smallest absolute Gasteiger partial charge is 0.344 e. The van der Waals surface area contributed by atoms with Gasteiger partial charge in [0.1, 0.15) is 22.8 Å². The predicted octanol–water partition coefficient (Wildman–Crippen LogP) is 2.67. The van der Waals surface area contributed by atoms with Crippen LogP contribution in [-0.2, 0) is 0 Å². The number of methoxy groups -OCH3 is 2. The fourth-order valence-corrected chi connectivity index (χ4v) is 2.35. The Morgan fingerprint density at radius 1 is 1.05 bits per heavy atom. The summed E-state index contributed by atoms with van der Waals surface area (Å²) in [5.41, 5.74) is -0.233. The van der Waals surface area contributed by atoms with Crippen molar-refractivity contribution in [3.8, 4) is 17.2 Å². The van der Waals surface area contributed by atoms with Crippen LogP contribution in [-0.4, -0.2) is 19.3 Å². The van der Waals surface area contributed by atoms with Crippen molar-refractivity contribution in [3.05, 3.63) is 40.8 Å². The highest BCUT2D eigenvalue weighted by molar-refractivity contribution is 6.11. The zero-order valence-corrected chi connectivity index (χ0v) is 11.0. The van der Waals surface area contributed by atoms with Gasteiger partial charge in [-0.3, -0.25) is 0 Å². The molecular formula is C15H12O5. The molecule has 3 aromatic rings. The van der Waals surface area contributed by atoms with Crippen LogP contribution in [0.1, 0.15) is 0 Å². The molecule has 0 aliphatic rings. The first-order valence-electron chi connectivity index (χ1n) is 5.96. The Balaban J connectivity index is 2.66. The number of phenols is 1. The van der Waals surface area contributed by atoms with Crippen LogP contribution in [0.5, 0.6) is 17.2 Å². The molecule has 0 bridgehead atoms. The predicted molar refractivity (Wildman–Crippen MR) is 74.8 cm³/mol. The molecule has 102 valence electrons. The maximum atomic E-state index is 12.0. The molecule has 2 aromatic carbocycles. The highest BCUT2D eigenvalue weighted by atomic mass is 16.5. The van der Waals surface area contributed by atoms with Crippen molar-refractivity contribution in [2.75, 3.05) is 14.2 Å². The summed E-state index contributed by atoms with van der Waals surface area (Å²) in [7, 11) is 3.02. The Kier molecular flexibility index (Phi) is 2.75. The van der Waals surface area contributed by atoms with Crippen molar-refractivity contribution in [1.82, 2.24) is 0 Å².